The van der Waals surface area contributed by atoms with Gasteiger partial charge in [0.15, 0.2) is 17.4 Å². The maximum atomic E-state index is 11.5. The molecule has 0 aromatic carbocycles. The van der Waals surface area contributed by atoms with Crippen LogP contribution in [-0.2, 0) is 4.74 Å². The van der Waals surface area contributed by atoms with Gasteiger partial charge in [-0.05, 0) is 0 Å². The van der Waals surface area contributed by atoms with Crippen LogP contribution in [0.25, 0.3) is 11.2 Å². The maximum absolute atomic E-state index is 11.5. The van der Waals surface area contributed by atoms with Crippen LogP contribution >= 0.6 is 0 Å². The summed E-state index contributed by atoms with van der Waals surface area (Å²) in [6.07, 6.45) is -3.33. The number of hydrogen-bond acceptors (Lipinski definition) is 9. The number of imidazole rings is 1. The first kappa shape index (κ1) is 13.0. The highest BCUT2D eigenvalue weighted by atomic mass is 16.6. The third kappa shape index (κ3) is 1.78. The van der Waals surface area contributed by atoms with Gasteiger partial charge >= 0.3 is 5.63 Å². The van der Waals surface area contributed by atoms with E-state index in [1.807, 2.05) is 0 Å². The molecule has 1 fully saturated rings. The number of nitrogens with two attached hydrogens (primary N) is 1. The first-order valence-corrected chi connectivity index (χ1v) is 5.78. The summed E-state index contributed by atoms with van der Waals surface area (Å²) in [4.78, 5) is 19.2. The van der Waals surface area contributed by atoms with E-state index in [1.165, 1.54) is 10.9 Å². The predicted molar refractivity (Wildman–Crippen MR) is 63.5 cm³/mol. The second-order valence-corrected chi connectivity index (χ2v) is 4.39. The minimum atomic E-state index is -1.31. The molecule has 1 saturated heterocycles. The molecule has 3 rings (SSSR count). The normalized spacial score (nSPS) is 30.1. The molecule has 10 nitrogen and oxygen atoms in total. The Hall–Kier alpha value is -2.01. The van der Waals surface area contributed by atoms with Gasteiger partial charge in [0.25, 0.3) is 6.01 Å². The number of nitrogen functional groups attached to an aromatic ring is 1. The van der Waals surface area contributed by atoms with Gasteiger partial charge in [0, 0.05) is 0 Å². The molecule has 0 spiro atoms. The zero-order valence-electron chi connectivity index (χ0n) is 10.1. The quantitative estimate of drug-likeness (QED) is 0.471. The Balaban J connectivity index is 2.09. The molecule has 4 atom stereocenters. The zero-order valence-corrected chi connectivity index (χ0v) is 10.1. The van der Waals surface area contributed by atoms with Gasteiger partial charge in [-0.25, -0.2) is 9.78 Å². The van der Waals surface area contributed by atoms with Crippen molar-refractivity contribution >= 4 is 17.2 Å². The van der Waals surface area contributed by atoms with Gasteiger partial charge in [-0.2, -0.15) is 4.98 Å². The predicted octanol–water partition coefficient (Wildman–Crippen LogP) is -2.42. The van der Waals surface area contributed by atoms with Crippen LogP contribution in [0.2, 0.25) is 0 Å². The lowest BCUT2D eigenvalue weighted by atomic mass is 10.1. The van der Waals surface area contributed by atoms with Crippen LogP contribution in [0.4, 0.5) is 6.01 Å². The average molecular weight is 284 g/mol. The van der Waals surface area contributed by atoms with Crippen LogP contribution in [0.1, 0.15) is 6.23 Å². The summed E-state index contributed by atoms with van der Waals surface area (Å²) in [6, 6.07) is -0.351. The van der Waals surface area contributed by atoms with E-state index in [1.54, 1.807) is 0 Å². The fraction of sp³-hybridized carbons (Fsp3) is 0.500. The number of ether oxygens (including phenoxy) is 1. The lowest BCUT2D eigenvalue weighted by molar-refractivity contribution is -0.0511. The second-order valence-electron chi connectivity index (χ2n) is 4.39. The second kappa shape index (κ2) is 4.52. The highest BCUT2D eigenvalue weighted by Gasteiger charge is 2.44. The summed E-state index contributed by atoms with van der Waals surface area (Å²) < 4.78 is 11.2. The van der Waals surface area contributed by atoms with E-state index < -0.39 is 36.8 Å². The van der Waals surface area contributed by atoms with Crippen molar-refractivity contribution in [2.75, 3.05) is 12.3 Å². The molecule has 0 aliphatic carbocycles. The van der Waals surface area contributed by atoms with Gasteiger partial charge in [-0.3, -0.25) is 4.57 Å². The third-order valence-electron chi connectivity index (χ3n) is 3.17. The van der Waals surface area contributed by atoms with Crippen LogP contribution in [-0.4, -0.2) is 54.8 Å². The van der Waals surface area contributed by atoms with Crippen molar-refractivity contribution in [2.24, 2.45) is 0 Å². The fourth-order valence-corrected chi connectivity index (χ4v) is 2.18. The van der Waals surface area contributed by atoms with Crippen LogP contribution in [0.15, 0.2) is 15.5 Å². The molecule has 4 unspecified atom stereocenters. The van der Waals surface area contributed by atoms with Crippen molar-refractivity contribution in [3.8, 4) is 0 Å². The standard InChI is InChI=1S/C10H12N4O6/c11-10-13-7-4(9(18)20-10)12-2-14(7)8-6(17)5(16)3(1-15)19-8/h2-3,5-6,8,15-17H,1H2,(H2,11,13). The molecule has 5 N–H and O–H groups in total. The number of hydrogen-bond donors (Lipinski definition) is 4. The molecule has 2 aromatic heterocycles. The van der Waals surface area contributed by atoms with Gasteiger partial charge in [0.2, 0.25) is 0 Å². The molecule has 1 aliphatic rings. The number of aliphatic hydroxyl groups is 3. The SMILES string of the molecule is Nc1nc2c(ncn2C2OC(CO)C(O)C2O)c(=O)o1. The average Bonchev–Trinajstić information content (AvgIpc) is 2.93. The Labute approximate surface area is 111 Å². The number of nitrogens with zero attached hydrogens (tertiary/aromatic N) is 3. The van der Waals surface area contributed by atoms with Crippen LogP contribution in [0.5, 0.6) is 0 Å². The first-order valence-electron chi connectivity index (χ1n) is 5.78. The van der Waals surface area contributed by atoms with Crippen molar-refractivity contribution in [1.82, 2.24) is 14.5 Å². The molecular weight excluding hydrogens is 272 g/mol. The van der Waals surface area contributed by atoms with Crippen LogP contribution in [0, 0.1) is 0 Å². The summed E-state index contributed by atoms with van der Waals surface area (Å²) in [5.74, 6) is 0. The van der Waals surface area contributed by atoms with Gasteiger partial charge in [0.05, 0.1) is 12.9 Å². The smallest absolute Gasteiger partial charge is 0.368 e. The highest BCUT2D eigenvalue weighted by Crippen LogP contribution is 2.30. The summed E-state index contributed by atoms with van der Waals surface area (Å²) in [6.45, 7) is -0.459. The number of rotatable bonds is 2. The summed E-state index contributed by atoms with van der Waals surface area (Å²) in [5.41, 5.74) is 4.58. The van der Waals surface area contributed by atoms with Crippen molar-refractivity contribution < 1.29 is 24.5 Å². The third-order valence-corrected chi connectivity index (χ3v) is 3.17. The number of aliphatic hydroxyl groups excluding tert-OH is 3. The van der Waals surface area contributed by atoms with E-state index >= 15 is 0 Å². The fourth-order valence-electron chi connectivity index (χ4n) is 2.18. The summed E-state index contributed by atoms with van der Waals surface area (Å²) >= 11 is 0. The molecule has 0 radical (unpaired) electrons. The van der Waals surface area contributed by atoms with Gasteiger partial charge in [-0.1, -0.05) is 0 Å². The van der Waals surface area contributed by atoms with Gasteiger partial charge in [0.1, 0.15) is 18.3 Å². The van der Waals surface area contributed by atoms with E-state index in [0.29, 0.717) is 0 Å². The molecule has 3 heterocycles. The Morgan fingerprint density at radius 2 is 2.15 bits per heavy atom. The molecule has 0 bridgehead atoms. The molecule has 2 aromatic rings. The lowest BCUT2D eigenvalue weighted by Gasteiger charge is -2.16. The molecule has 10 heteroatoms. The van der Waals surface area contributed by atoms with E-state index in [-0.39, 0.29) is 17.2 Å². The number of anilines is 1. The molecule has 20 heavy (non-hydrogen) atoms. The van der Waals surface area contributed by atoms with Gasteiger partial charge < -0.3 is 30.2 Å². The molecule has 0 saturated carbocycles. The topological polar surface area (TPSA) is 157 Å². The Kier molecular flexibility index (Phi) is 2.94. The number of aromatic nitrogens is 3. The Morgan fingerprint density at radius 1 is 1.40 bits per heavy atom. The van der Waals surface area contributed by atoms with Gasteiger partial charge in [-0.15, -0.1) is 0 Å². The van der Waals surface area contributed by atoms with Crippen molar-refractivity contribution in [3.05, 3.63) is 16.7 Å². The first-order chi connectivity index (χ1) is 9.52. The van der Waals surface area contributed by atoms with E-state index in [4.69, 9.17) is 15.6 Å². The molecule has 0 amide bonds. The van der Waals surface area contributed by atoms with Crippen molar-refractivity contribution in [2.45, 2.75) is 24.5 Å². The summed E-state index contributed by atoms with van der Waals surface area (Å²) in [5, 5.41) is 28.7. The van der Waals surface area contributed by atoms with Crippen LogP contribution in [0.3, 0.4) is 0 Å². The van der Waals surface area contributed by atoms with Crippen molar-refractivity contribution in [3.63, 3.8) is 0 Å². The zero-order chi connectivity index (χ0) is 14.4. The molecule has 108 valence electrons. The van der Waals surface area contributed by atoms with Crippen LogP contribution < -0.4 is 11.4 Å². The van der Waals surface area contributed by atoms with E-state index in [9.17, 15) is 15.0 Å². The lowest BCUT2D eigenvalue weighted by Crippen LogP contribution is -2.33. The van der Waals surface area contributed by atoms with Crippen molar-refractivity contribution in [1.29, 1.82) is 0 Å². The maximum Gasteiger partial charge on any atom is 0.368 e. The molecular formula is C10H12N4O6. The van der Waals surface area contributed by atoms with E-state index in [0.717, 1.165) is 0 Å². The minimum absolute atomic E-state index is 0.0635. The monoisotopic (exact) mass is 284 g/mol. The largest absolute Gasteiger partial charge is 0.394 e. The Bertz CT molecular complexity index is 697. The molecule has 1 aliphatic heterocycles. The van der Waals surface area contributed by atoms with E-state index in [2.05, 4.69) is 14.4 Å². The highest BCUT2D eigenvalue weighted by molar-refractivity contribution is 5.69. The Morgan fingerprint density at radius 3 is 2.80 bits per heavy atom. The number of fused-ring (bicyclic) bond motifs is 1. The minimum Gasteiger partial charge on any atom is -0.394 e. The summed E-state index contributed by atoms with van der Waals surface area (Å²) in [7, 11) is 0.